The zero-order valence-corrected chi connectivity index (χ0v) is 12.4. The molecule has 0 bridgehead atoms. The Balaban J connectivity index is 2.05. The summed E-state index contributed by atoms with van der Waals surface area (Å²) in [7, 11) is 0. The number of aromatic nitrogens is 3. The minimum Gasteiger partial charge on any atom is -0.594 e. The standard InChI is InChI=1S/C14H18N4O4/c1-9(2)22-13(20)5-6-15-14-16-11-4-3-10(8-19)7-12(11)18(21)17-14/h3-4,7,9,19H,5-6,8H2,1-2H3,(H,15,16,17). The van der Waals surface area contributed by atoms with Crippen molar-refractivity contribution in [2.45, 2.75) is 33.0 Å². The predicted molar refractivity (Wildman–Crippen MR) is 78.8 cm³/mol. The number of ether oxygens (including phenoxy) is 1. The molecule has 0 aliphatic carbocycles. The molecular weight excluding hydrogens is 288 g/mol. The number of esters is 1. The average Bonchev–Trinajstić information content (AvgIpc) is 2.46. The largest absolute Gasteiger partial charge is 0.594 e. The topological polar surface area (TPSA) is 111 Å². The minimum absolute atomic E-state index is 0.136. The van der Waals surface area contributed by atoms with E-state index in [0.29, 0.717) is 15.9 Å². The van der Waals surface area contributed by atoms with Gasteiger partial charge in [-0.3, -0.25) is 4.79 Å². The van der Waals surface area contributed by atoms with Crippen LogP contribution in [0.3, 0.4) is 0 Å². The summed E-state index contributed by atoms with van der Waals surface area (Å²) in [6.45, 7) is 3.66. The smallest absolute Gasteiger partial charge is 0.307 e. The summed E-state index contributed by atoms with van der Waals surface area (Å²) in [6, 6.07) is 4.85. The van der Waals surface area contributed by atoms with E-state index in [1.54, 1.807) is 26.0 Å². The molecule has 8 nitrogen and oxygen atoms in total. The van der Waals surface area contributed by atoms with Crippen LogP contribution in [0.4, 0.5) is 5.95 Å². The molecule has 1 aromatic carbocycles. The van der Waals surface area contributed by atoms with Crippen molar-refractivity contribution in [3.8, 4) is 0 Å². The monoisotopic (exact) mass is 306 g/mol. The number of nitrogens with zero attached hydrogens (tertiary/aromatic N) is 3. The zero-order chi connectivity index (χ0) is 16.1. The molecule has 0 amide bonds. The maximum absolute atomic E-state index is 11.9. The Morgan fingerprint density at radius 1 is 1.50 bits per heavy atom. The van der Waals surface area contributed by atoms with Gasteiger partial charge in [-0.05, 0) is 30.3 Å². The molecule has 0 atom stereocenters. The number of fused-ring (bicyclic) bond motifs is 1. The van der Waals surface area contributed by atoms with E-state index in [-0.39, 0.29) is 43.1 Å². The average molecular weight is 306 g/mol. The van der Waals surface area contributed by atoms with E-state index in [4.69, 9.17) is 9.84 Å². The predicted octanol–water partition coefficient (Wildman–Crippen LogP) is 0.509. The molecule has 0 aliphatic rings. The molecule has 0 aliphatic heterocycles. The third-order valence-electron chi connectivity index (χ3n) is 2.82. The summed E-state index contributed by atoms with van der Waals surface area (Å²) in [5.74, 6) is -0.192. The van der Waals surface area contributed by atoms with Crippen LogP contribution in [-0.2, 0) is 16.1 Å². The molecule has 22 heavy (non-hydrogen) atoms. The van der Waals surface area contributed by atoms with Crippen LogP contribution in [0.25, 0.3) is 11.0 Å². The van der Waals surface area contributed by atoms with Gasteiger partial charge in [0, 0.05) is 12.6 Å². The van der Waals surface area contributed by atoms with Crippen LogP contribution < -0.4 is 10.2 Å². The fourth-order valence-corrected chi connectivity index (χ4v) is 1.86. The lowest BCUT2D eigenvalue weighted by Crippen LogP contribution is -2.34. The SMILES string of the molecule is CC(C)OC(=O)CCNc1nc2ccc(CO)cc2[n+]([O-])n1. The van der Waals surface area contributed by atoms with Gasteiger partial charge in [0.25, 0.3) is 11.5 Å². The number of benzene rings is 1. The fourth-order valence-electron chi connectivity index (χ4n) is 1.86. The van der Waals surface area contributed by atoms with Gasteiger partial charge in [0.1, 0.15) is 5.52 Å². The van der Waals surface area contributed by atoms with Crippen LogP contribution in [0, 0.1) is 5.21 Å². The van der Waals surface area contributed by atoms with Crippen molar-refractivity contribution < 1.29 is 19.5 Å². The molecule has 0 saturated carbocycles. The van der Waals surface area contributed by atoms with E-state index in [1.807, 2.05) is 0 Å². The molecule has 2 rings (SSSR count). The number of aliphatic hydroxyl groups is 1. The van der Waals surface area contributed by atoms with Crippen LogP contribution >= 0.6 is 0 Å². The molecule has 1 aromatic heterocycles. The maximum atomic E-state index is 11.9. The number of carbonyl (C=O) groups excluding carboxylic acids is 1. The van der Waals surface area contributed by atoms with Crippen molar-refractivity contribution in [1.29, 1.82) is 0 Å². The first kappa shape index (κ1) is 15.9. The second-order valence-corrected chi connectivity index (χ2v) is 5.00. The molecule has 2 aromatic rings. The van der Waals surface area contributed by atoms with Gasteiger partial charge < -0.3 is 20.4 Å². The number of carbonyl (C=O) groups is 1. The van der Waals surface area contributed by atoms with Gasteiger partial charge in [0.05, 0.1) is 24.2 Å². The Labute approximate surface area is 127 Å². The Kier molecular flexibility index (Phi) is 5.05. The van der Waals surface area contributed by atoms with Gasteiger partial charge in [0.2, 0.25) is 0 Å². The van der Waals surface area contributed by atoms with Crippen molar-refractivity contribution in [2.75, 3.05) is 11.9 Å². The fraction of sp³-hybridized carbons (Fsp3) is 0.429. The Morgan fingerprint density at radius 3 is 2.95 bits per heavy atom. The lowest BCUT2D eigenvalue weighted by atomic mass is 10.2. The molecule has 8 heteroatoms. The van der Waals surface area contributed by atoms with Crippen molar-refractivity contribution in [2.24, 2.45) is 0 Å². The number of anilines is 1. The highest BCUT2D eigenvalue weighted by molar-refractivity contribution is 5.72. The van der Waals surface area contributed by atoms with E-state index in [0.717, 1.165) is 0 Å². The number of rotatable bonds is 6. The van der Waals surface area contributed by atoms with Gasteiger partial charge in [-0.25, -0.2) is 4.98 Å². The molecule has 1 heterocycles. The van der Waals surface area contributed by atoms with Crippen LogP contribution in [0.5, 0.6) is 0 Å². The quantitative estimate of drug-likeness (QED) is 0.454. The summed E-state index contributed by atoms with van der Waals surface area (Å²) < 4.78 is 5.00. The third kappa shape index (κ3) is 4.01. The summed E-state index contributed by atoms with van der Waals surface area (Å²) in [4.78, 5) is 16.0. The molecule has 0 radical (unpaired) electrons. The van der Waals surface area contributed by atoms with Crippen LogP contribution in [0.2, 0.25) is 0 Å². The van der Waals surface area contributed by atoms with Crippen LogP contribution in [-0.4, -0.2) is 33.8 Å². The number of aliphatic hydroxyl groups excluding tert-OH is 1. The van der Waals surface area contributed by atoms with Gasteiger partial charge in [0.15, 0.2) is 0 Å². The maximum Gasteiger partial charge on any atom is 0.307 e. The van der Waals surface area contributed by atoms with Gasteiger partial charge in [-0.1, -0.05) is 6.07 Å². The Morgan fingerprint density at radius 2 is 2.27 bits per heavy atom. The Bertz CT molecular complexity index is 675. The molecule has 0 fully saturated rings. The molecule has 118 valence electrons. The van der Waals surface area contributed by atoms with E-state index in [2.05, 4.69) is 15.4 Å². The van der Waals surface area contributed by atoms with Crippen molar-refractivity contribution >= 4 is 23.0 Å². The zero-order valence-electron chi connectivity index (χ0n) is 12.4. The highest BCUT2D eigenvalue weighted by Crippen LogP contribution is 2.11. The molecule has 2 N–H and O–H groups in total. The van der Waals surface area contributed by atoms with Gasteiger partial charge >= 0.3 is 5.97 Å². The molecule has 0 spiro atoms. The summed E-state index contributed by atoms with van der Waals surface area (Å²) in [5.41, 5.74) is 1.34. The Hall–Kier alpha value is -2.48. The lowest BCUT2D eigenvalue weighted by molar-refractivity contribution is -0.641. The first-order valence-corrected chi connectivity index (χ1v) is 6.94. The van der Waals surface area contributed by atoms with E-state index in [9.17, 15) is 10.0 Å². The second-order valence-electron chi connectivity index (χ2n) is 5.00. The highest BCUT2D eigenvalue weighted by Gasteiger charge is 2.12. The van der Waals surface area contributed by atoms with Gasteiger partial charge in [-0.2, -0.15) is 0 Å². The lowest BCUT2D eigenvalue weighted by Gasteiger charge is -2.08. The van der Waals surface area contributed by atoms with Crippen molar-refractivity contribution in [3.63, 3.8) is 0 Å². The first-order chi connectivity index (χ1) is 10.5. The highest BCUT2D eigenvalue weighted by atomic mass is 16.5. The third-order valence-corrected chi connectivity index (χ3v) is 2.82. The van der Waals surface area contributed by atoms with E-state index < -0.39 is 0 Å². The van der Waals surface area contributed by atoms with E-state index >= 15 is 0 Å². The summed E-state index contributed by atoms with van der Waals surface area (Å²) >= 11 is 0. The second kappa shape index (κ2) is 6.99. The van der Waals surface area contributed by atoms with Crippen molar-refractivity contribution in [1.82, 2.24) is 10.1 Å². The van der Waals surface area contributed by atoms with Crippen LogP contribution in [0.1, 0.15) is 25.8 Å². The molecular formula is C14H18N4O4. The summed E-state index contributed by atoms with van der Waals surface area (Å²) in [5, 5.41) is 27.5. The van der Waals surface area contributed by atoms with Gasteiger partial charge in [-0.15, -0.1) is 0 Å². The number of nitrogens with one attached hydrogen (secondary N) is 1. The van der Waals surface area contributed by atoms with E-state index in [1.165, 1.54) is 6.07 Å². The molecule has 0 unspecified atom stereocenters. The molecule has 0 saturated heterocycles. The number of hydrogen-bond acceptors (Lipinski definition) is 7. The normalized spacial score (nSPS) is 10.9. The summed E-state index contributed by atoms with van der Waals surface area (Å²) in [6.07, 6.45) is -0.00374. The van der Waals surface area contributed by atoms with Crippen LogP contribution in [0.15, 0.2) is 18.2 Å². The number of hydrogen-bond donors (Lipinski definition) is 2. The minimum atomic E-state index is -0.328. The van der Waals surface area contributed by atoms with Crippen molar-refractivity contribution in [3.05, 3.63) is 29.0 Å². The first-order valence-electron chi connectivity index (χ1n) is 6.94.